The second kappa shape index (κ2) is 3.22. The Morgan fingerprint density at radius 2 is 1.80 bits per heavy atom. The molecule has 0 saturated carbocycles. The Kier molecular flexibility index (Phi) is 2.29. The quantitative estimate of drug-likeness (QED) is 0.648. The summed E-state index contributed by atoms with van der Waals surface area (Å²) in [5.41, 5.74) is 14.3. The first kappa shape index (κ1) is 7.09. The summed E-state index contributed by atoms with van der Waals surface area (Å²) in [6.07, 6.45) is 0.903. The Hall–Kier alpha value is -1.02. The van der Waals surface area contributed by atoms with Crippen LogP contribution in [0, 0.1) is 0 Å². The molecule has 2 nitrogen and oxygen atoms in total. The van der Waals surface area contributed by atoms with Crippen molar-refractivity contribution in [2.24, 2.45) is 5.73 Å². The SMILES string of the molecule is [NH]c1ccc(CCN)cc1. The highest BCUT2D eigenvalue weighted by Gasteiger charge is 1.88. The molecule has 0 aliphatic carbocycles. The van der Waals surface area contributed by atoms with Crippen LogP contribution in [0.25, 0.3) is 0 Å². The van der Waals surface area contributed by atoms with E-state index in [2.05, 4.69) is 0 Å². The molecule has 0 bridgehead atoms. The minimum Gasteiger partial charge on any atom is -0.330 e. The minimum absolute atomic E-state index is 0.556. The Morgan fingerprint density at radius 1 is 1.20 bits per heavy atom. The maximum atomic E-state index is 7.19. The van der Waals surface area contributed by atoms with Crippen LogP contribution < -0.4 is 11.5 Å². The second-order valence-electron chi connectivity index (χ2n) is 2.24. The molecule has 53 valence electrons. The molecule has 1 radical (unpaired) electrons. The maximum absolute atomic E-state index is 7.19. The summed E-state index contributed by atoms with van der Waals surface area (Å²) in [7, 11) is 0. The third-order valence-electron chi connectivity index (χ3n) is 1.39. The number of nitrogens with one attached hydrogen (secondary N) is 1. The van der Waals surface area contributed by atoms with E-state index in [4.69, 9.17) is 11.5 Å². The Morgan fingerprint density at radius 3 is 2.30 bits per heavy atom. The Labute approximate surface area is 60.8 Å². The average Bonchev–Trinajstić information content (AvgIpc) is 1.95. The summed E-state index contributed by atoms with van der Waals surface area (Å²) < 4.78 is 0. The predicted molar refractivity (Wildman–Crippen MR) is 42.0 cm³/mol. The van der Waals surface area contributed by atoms with Gasteiger partial charge < -0.3 is 11.5 Å². The molecule has 0 atom stereocenters. The van der Waals surface area contributed by atoms with E-state index in [-0.39, 0.29) is 0 Å². The van der Waals surface area contributed by atoms with Gasteiger partial charge in [-0.2, -0.15) is 0 Å². The molecule has 2 heteroatoms. The van der Waals surface area contributed by atoms with Crippen LogP contribution in [0.1, 0.15) is 5.56 Å². The smallest absolute Gasteiger partial charge is 0.0540 e. The number of hydrogen-bond acceptors (Lipinski definition) is 1. The molecule has 3 N–H and O–H groups in total. The third kappa shape index (κ3) is 1.74. The van der Waals surface area contributed by atoms with Crippen LogP contribution in [0.2, 0.25) is 0 Å². The van der Waals surface area contributed by atoms with Gasteiger partial charge in [0.1, 0.15) is 0 Å². The van der Waals surface area contributed by atoms with E-state index < -0.39 is 0 Å². The van der Waals surface area contributed by atoms with Crippen LogP contribution >= 0.6 is 0 Å². The first-order valence-corrected chi connectivity index (χ1v) is 3.33. The highest BCUT2D eigenvalue weighted by molar-refractivity contribution is 5.35. The van der Waals surface area contributed by atoms with Crippen molar-refractivity contribution in [3.05, 3.63) is 29.8 Å². The van der Waals surface area contributed by atoms with E-state index >= 15 is 0 Å². The molecular weight excluding hydrogens is 124 g/mol. The van der Waals surface area contributed by atoms with Crippen molar-refractivity contribution in [3.8, 4) is 0 Å². The van der Waals surface area contributed by atoms with Crippen molar-refractivity contribution in [1.29, 1.82) is 0 Å². The fourth-order valence-electron chi connectivity index (χ4n) is 0.838. The topological polar surface area (TPSA) is 49.8 Å². The third-order valence-corrected chi connectivity index (χ3v) is 1.39. The van der Waals surface area contributed by atoms with Gasteiger partial charge in [-0.3, -0.25) is 0 Å². The van der Waals surface area contributed by atoms with Gasteiger partial charge in [0.2, 0.25) is 0 Å². The molecule has 0 amide bonds. The normalized spacial score (nSPS) is 9.70. The van der Waals surface area contributed by atoms with Crippen LogP contribution in [0.4, 0.5) is 5.69 Å². The van der Waals surface area contributed by atoms with Gasteiger partial charge in [0.25, 0.3) is 0 Å². The zero-order valence-corrected chi connectivity index (χ0v) is 5.80. The van der Waals surface area contributed by atoms with Gasteiger partial charge in [-0.05, 0) is 30.7 Å². The molecule has 0 saturated heterocycles. The van der Waals surface area contributed by atoms with Crippen molar-refractivity contribution < 1.29 is 0 Å². The van der Waals surface area contributed by atoms with E-state index in [1.807, 2.05) is 12.1 Å². The van der Waals surface area contributed by atoms with Gasteiger partial charge in [0.05, 0.1) is 5.69 Å². The lowest BCUT2D eigenvalue weighted by atomic mass is 10.1. The van der Waals surface area contributed by atoms with Crippen LogP contribution in [0.5, 0.6) is 0 Å². The molecule has 1 aromatic rings. The Balaban J connectivity index is 2.69. The first-order valence-electron chi connectivity index (χ1n) is 3.33. The van der Waals surface area contributed by atoms with Gasteiger partial charge in [-0.1, -0.05) is 12.1 Å². The average molecular weight is 135 g/mol. The van der Waals surface area contributed by atoms with E-state index in [1.54, 1.807) is 12.1 Å². The Bertz CT molecular complexity index is 191. The number of nitrogens with two attached hydrogens (primary N) is 1. The predicted octanol–water partition coefficient (Wildman–Crippen LogP) is 1.10. The number of benzene rings is 1. The molecule has 0 fully saturated rings. The molecule has 0 aliphatic heterocycles. The maximum Gasteiger partial charge on any atom is 0.0540 e. The number of rotatable bonds is 2. The van der Waals surface area contributed by atoms with Crippen LogP contribution in [-0.2, 0) is 6.42 Å². The highest BCUT2D eigenvalue weighted by Crippen LogP contribution is 2.06. The molecule has 0 aromatic heterocycles. The van der Waals surface area contributed by atoms with Gasteiger partial charge in [0.15, 0.2) is 0 Å². The van der Waals surface area contributed by atoms with Gasteiger partial charge in [0, 0.05) is 0 Å². The lowest BCUT2D eigenvalue weighted by Crippen LogP contribution is -2.02. The first-order chi connectivity index (χ1) is 4.83. The zero-order valence-electron chi connectivity index (χ0n) is 5.80. The molecule has 1 rings (SSSR count). The van der Waals surface area contributed by atoms with Crippen LogP contribution in [-0.4, -0.2) is 6.54 Å². The zero-order chi connectivity index (χ0) is 7.40. The van der Waals surface area contributed by atoms with Crippen LogP contribution in [0.3, 0.4) is 0 Å². The molecule has 0 aliphatic rings. The lowest BCUT2D eigenvalue weighted by Gasteiger charge is -1.96. The molecule has 1 aromatic carbocycles. The fraction of sp³-hybridized carbons (Fsp3) is 0.250. The molecule has 0 heterocycles. The molecule has 0 unspecified atom stereocenters. The highest BCUT2D eigenvalue weighted by atomic mass is 14.5. The summed E-state index contributed by atoms with van der Waals surface area (Å²) in [6, 6.07) is 7.44. The van der Waals surface area contributed by atoms with Gasteiger partial charge in [-0.15, -0.1) is 0 Å². The van der Waals surface area contributed by atoms with E-state index in [0.717, 1.165) is 6.42 Å². The van der Waals surface area contributed by atoms with Crippen LogP contribution in [0.15, 0.2) is 24.3 Å². The van der Waals surface area contributed by atoms with Crippen molar-refractivity contribution in [2.75, 3.05) is 6.54 Å². The van der Waals surface area contributed by atoms with Crippen molar-refractivity contribution in [3.63, 3.8) is 0 Å². The summed E-state index contributed by atoms with van der Waals surface area (Å²) in [6.45, 7) is 0.678. The second-order valence-corrected chi connectivity index (χ2v) is 2.24. The monoisotopic (exact) mass is 135 g/mol. The molecule has 10 heavy (non-hydrogen) atoms. The van der Waals surface area contributed by atoms with E-state index in [9.17, 15) is 0 Å². The molecule has 0 spiro atoms. The van der Waals surface area contributed by atoms with Crippen molar-refractivity contribution in [2.45, 2.75) is 6.42 Å². The summed E-state index contributed by atoms with van der Waals surface area (Å²) in [4.78, 5) is 0. The molecular formula is C8H11N2. The van der Waals surface area contributed by atoms with Gasteiger partial charge >= 0.3 is 0 Å². The minimum atomic E-state index is 0.556. The lowest BCUT2D eigenvalue weighted by molar-refractivity contribution is 0.969. The summed E-state index contributed by atoms with van der Waals surface area (Å²) in [5.74, 6) is 0. The standard InChI is InChI=1S/C8H11N2/c9-6-5-7-1-3-8(10)4-2-7/h1-4,10H,5-6,9H2. The fourth-order valence-corrected chi connectivity index (χ4v) is 0.838. The summed E-state index contributed by atoms with van der Waals surface area (Å²) >= 11 is 0. The van der Waals surface area contributed by atoms with E-state index in [1.165, 1.54) is 5.56 Å². The van der Waals surface area contributed by atoms with E-state index in [0.29, 0.717) is 12.2 Å². The van der Waals surface area contributed by atoms with Crippen molar-refractivity contribution >= 4 is 5.69 Å². The summed E-state index contributed by atoms with van der Waals surface area (Å²) in [5, 5.41) is 0. The largest absolute Gasteiger partial charge is 0.330 e. The van der Waals surface area contributed by atoms with Crippen molar-refractivity contribution in [1.82, 2.24) is 5.73 Å². The number of hydrogen-bond donors (Lipinski definition) is 1. The van der Waals surface area contributed by atoms with Gasteiger partial charge in [-0.25, -0.2) is 0 Å².